The molecule has 25 heavy (non-hydrogen) atoms. The van der Waals surface area contributed by atoms with Crippen LogP contribution in [0.1, 0.15) is 46.5 Å². The first-order valence-electron chi connectivity index (χ1n) is 9.67. The van der Waals surface area contributed by atoms with Crippen molar-refractivity contribution < 1.29 is 19.7 Å². The minimum absolute atomic E-state index is 0.0310. The van der Waals surface area contributed by atoms with Crippen molar-refractivity contribution in [3.05, 3.63) is 24.3 Å². The normalized spacial score (nSPS) is 53.7. The van der Waals surface area contributed by atoms with Gasteiger partial charge in [0.05, 0.1) is 12.2 Å². The van der Waals surface area contributed by atoms with Gasteiger partial charge in [-0.1, -0.05) is 38.2 Å². The molecule has 2 N–H and O–H groups in total. The van der Waals surface area contributed by atoms with E-state index in [9.17, 15) is 15.0 Å². The number of aliphatic hydroxyl groups is 2. The summed E-state index contributed by atoms with van der Waals surface area (Å²) in [5.74, 6) is 0.986. The van der Waals surface area contributed by atoms with Crippen molar-refractivity contribution in [2.45, 2.75) is 64.8 Å². The van der Waals surface area contributed by atoms with Crippen LogP contribution in [0.5, 0.6) is 0 Å². The average molecular weight is 346 g/mol. The zero-order chi connectivity index (χ0) is 18.0. The van der Waals surface area contributed by atoms with Crippen LogP contribution in [0.25, 0.3) is 0 Å². The number of allylic oxidation sites excluding steroid dienone is 2. The lowest BCUT2D eigenvalue weighted by molar-refractivity contribution is -0.178. The van der Waals surface area contributed by atoms with E-state index in [0.29, 0.717) is 11.8 Å². The van der Waals surface area contributed by atoms with Gasteiger partial charge in [-0.2, -0.15) is 0 Å². The molecule has 0 spiro atoms. The maximum Gasteiger partial charge on any atom is 0.302 e. The van der Waals surface area contributed by atoms with E-state index in [1.165, 1.54) is 6.92 Å². The highest BCUT2D eigenvalue weighted by molar-refractivity contribution is 5.66. The van der Waals surface area contributed by atoms with Gasteiger partial charge in [-0.15, -0.1) is 0 Å². The van der Waals surface area contributed by atoms with E-state index in [4.69, 9.17) is 4.74 Å². The number of ether oxygens (including phenoxy) is 1. The second-order valence-electron chi connectivity index (χ2n) is 9.19. The maximum absolute atomic E-state index is 11.8. The first kappa shape index (κ1) is 17.3. The molecule has 4 rings (SSSR count). The quantitative estimate of drug-likeness (QED) is 0.566. The van der Waals surface area contributed by atoms with E-state index >= 15 is 0 Å². The van der Waals surface area contributed by atoms with Gasteiger partial charge in [0.25, 0.3) is 0 Å². The SMILES string of the molecule is CC(=O)OC1CC2CC(O)C=C[C@]2(C)[C@@H]2CC[C@]3(C)C(O)C=C[C@H]3[C@H]12. The van der Waals surface area contributed by atoms with Crippen LogP contribution in [0.3, 0.4) is 0 Å². The number of carbonyl (C=O) groups excluding carboxylic acids is 1. The zero-order valence-corrected chi connectivity index (χ0v) is 15.4. The highest BCUT2D eigenvalue weighted by Crippen LogP contribution is 2.64. The predicted molar refractivity (Wildman–Crippen MR) is 94.5 cm³/mol. The molecule has 4 nitrogen and oxygen atoms in total. The summed E-state index contributed by atoms with van der Waals surface area (Å²) in [6, 6.07) is 0. The Morgan fingerprint density at radius 1 is 1.16 bits per heavy atom. The number of aliphatic hydroxyl groups excluding tert-OH is 2. The van der Waals surface area contributed by atoms with Crippen LogP contribution in [0.4, 0.5) is 0 Å². The molecular formula is C21H30O4. The van der Waals surface area contributed by atoms with E-state index in [2.05, 4.69) is 26.0 Å². The molecule has 9 atom stereocenters. The van der Waals surface area contributed by atoms with Crippen LogP contribution in [-0.4, -0.2) is 34.5 Å². The second-order valence-corrected chi connectivity index (χ2v) is 9.19. The summed E-state index contributed by atoms with van der Waals surface area (Å²) in [6.45, 7) is 5.98. The highest BCUT2D eigenvalue weighted by atomic mass is 16.5. The third-order valence-electron chi connectivity index (χ3n) is 7.96. The first-order chi connectivity index (χ1) is 11.8. The Bertz CT molecular complexity index is 625. The number of hydrogen-bond acceptors (Lipinski definition) is 4. The smallest absolute Gasteiger partial charge is 0.302 e. The summed E-state index contributed by atoms with van der Waals surface area (Å²) in [5, 5.41) is 20.6. The van der Waals surface area contributed by atoms with Gasteiger partial charge in [-0.25, -0.2) is 0 Å². The van der Waals surface area contributed by atoms with Crippen molar-refractivity contribution in [3.63, 3.8) is 0 Å². The number of hydrogen-bond donors (Lipinski definition) is 2. The molecule has 0 aromatic heterocycles. The molecule has 4 aliphatic rings. The Hall–Kier alpha value is -1.13. The zero-order valence-electron chi connectivity index (χ0n) is 15.4. The van der Waals surface area contributed by atoms with Crippen molar-refractivity contribution in [2.24, 2.45) is 34.5 Å². The lowest BCUT2D eigenvalue weighted by atomic mass is 9.45. The summed E-state index contributed by atoms with van der Waals surface area (Å²) in [7, 11) is 0. The molecule has 0 radical (unpaired) electrons. The van der Waals surface area contributed by atoms with Gasteiger partial charge in [0.15, 0.2) is 0 Å². The molecule has 0 heterocycles. The fraction of sp³-hybridized carbons (Fsp3) is 0.762. The first-order valence-corrected chi connectivity index (χ1v) is 9.67. The molecule has 4 heteroatoms. The largest absolute Gasteiger partial charge is 0.462 e. The fourth-order valence-electron chi connectivity index (χ4n) is 6.50. The van der Waals surface area contributed by atoms with Crippen LogP contribution < -0.4 is 0 Å². The number of rotatable bonds is 1. The van der Waals surface area contributed by atoms with Gasteiger partial charge in [0.2, 0.25) is 0 Å². The van der Waals surface area contributed by atoms with E-state index in [1.807, 2.05) is 12.2 Å². The molecule has 0 bridgehead atoms. The summed E-state index contributed by atoms with van der Waals surface area (Å²) in [4.78, 5) is 11.8. The minimum atomic E-state index is -0.411. The van der Waals surface area contributed by atoms with Crippen molar-refractivity contribution in [1.29, 1.82) is 0 Å². The summed E-state index contributed by atoms with van der Waals surface area (Å²) in [5.41, 5.74) is -0.121. The molecule has 0 aliphatic heterocycles. The monoisotopic (exact) mass is 346 g/mol. The Kier molecular flexibility index (Phi) is 3.93. The molecule has 2 saturated carbocycles. The Labute approximate surface area is 149 Å². The summed E-state index contributed by atoms with van der Waals surface area (Å²) >= 11 is 0. The van der Waals surface area contributed by atoms with Crippen molar-refractivity contribution in [3.8, 4) is 0 Å². The summed E-state index contributed by atoms with van der Waals surface area (Å²) < 4.78 is 5.82. The van der Waals surface area contributed by atoms with E-state index in [0.717, 1.165) is 25.7 Å². The molecule has 0 aromatic rings. The van der Waals surface area contributed by atoms with Crippen molar-refractivity contribution >= 4 is 5.97 Å². The summed E-state index contributed by atoms with van der Waals surface area (Å²) in [6.07, 6.45) is 10.9. The highest BCUT2D eigenvalue weighted by Gasteiger charge is 2.61. The van der Waals surface area contributed by atoms with E-state index in [-0.39, 0.29) is 34.7 Å². The van der Waals surface area contributed by atoms with Crippen LogP contribution >= 0.6 is 0 Å². The molecule has 4 unspecified atom stereocenters. The van der Waals surface area contributed by atoms with Crippen LogP contribution in [0.15, 0.2) is 24.3 Å². The predicted octanol–water partition coefficient (Wildman–Crippen LogP) is 2.84. The van der Waals surface area contributed by atoms with Crippen LogP contribution in [-0.2, 0) is 9.53 Å². The van der Waals surface area contributed by atoms with Gasteiger partial charge in [-0.3, -0.25) is 4.79 Å². The lowest BCUT2D eigenvalue weighted by Gasteiger charge is -2.60. The third-order valence-corrected chi connectivity index (χ3v) is 7.96. The standard InChI is InChI=1S/C21H30O4/c1-12(22)25-17-11-13-10-14(23)6-8-20(13,2)16-7-9-21(3)15(19(16)17)4-5-18(21)24/h4-6,8,13-19,23-24H,7,9-11H2,1-3H3/t13?,14?,15-,16+,17?,18?,19-,20-,21-/m0/s1. The molecule has 2 fully saturated rings. The van der Waals surface area contributed by atoms with Gasteiger partial charge in [0, 0.05) is 18.3 Å². The van der Waals surface area contributed by atoms with E-state index in [1.54, 1.807) is 0 Å². The minimum Gasteiger partial charge on any atom is -0.462 e. The molecule has 138 valence electrons. The molecule has 0 amide bonds. The second kappa shape index (κ2) is 5.68. The topological polar surface area (TPSA) is 66.8 Å². The number of esters is 1. The number of carbonyl (C=O) groups is 1. The molecule has 0 saturated heterocycles. The van der Waals surface area contributed by atoms with Gasteiger partial charge in [0.1, 0.15) is 6.10 Å². The Morgan fingerprint density at radius 3 is 2.64 bits per heavy atom. The molecule has 0 aromatic carbocycles. The lowest BCUT2D eigenvalue weighted by Crippen LogP contribution is -2.58. The van der Waals surface area contributed by atoms with Gasteiger partial charge >= 0.3 is 5.97 Å². The Balaban J connectivity index is 1.75. The van der Waals surface area contributed by atoms with Crippen molar-refractivity contribution in [1.82, 2.24) is 0 Å². The average Bonchev–Trinajstić information content (AvgIpc) is 2.84. The van der Waals surface area contributed by atoms with Gasteiger partial charge in [-0.05, 0) is 48.9 Å². The van der Waals surface area contributed by atoms with E-state index < -0.39 is 12.2 Å². The van der Waals surface area contributed by atoms with Crippen molar-refractivity contribution in [2.75, 3.05) is 0 Å². The number of fused-ring (bicyclic) bond motifs is 5. The fourth-order valence-corrected chi connectivity index (χ4v) is 6.50. The Morgan fingerprint density at radius 2 is 1.92 bits per heavy atom. The maximum atomic E-state index is 11.8. The third kappa shape index (κ3) is 2.44. The van der Waals surface area contributed by atoms with Crippen LogP contribution in [0, 0.1) is 34.5 Å². The van der Waals surface area contributed by atoms with Gasteiger partial charge < -0.3 is 14.9 Å². The molecule has 4 aliphatic carbocycles. The van der Waals surface area contributed by atoms with Crippen LogP contribution in [0.2, 0.25) is 0 Å². The molecular weight excluding hydrogens is 316 g/mol.